The number of nitrogens with zero attached hydrogens (tertiary/aromatic N) is 3. The third-order valence-corrected chi connectivity index (χ3v) is 2.50. The average molecular weight is 192 g/mol. The summed E-state index contributed by atoms with van der Waals surface area (Å²) in [6, 6.07) is 1.94. The molecule has 0 saturated carbocycles. The lowest BCUT2D eigenvalue weighted by atomic mass is 10.2. The maximum Gasteiger partial charge on any atom is 0.203 e. The predicted octanol–water partition coefficient (Wildman–Crippen LogP) is 1.49. The highest BCUT2D eigenvalue weighted by molar-refractivity contribution is 7.18. The van der Waals surface area contributed by atoms with Crippen molar-refractivity contribution in [2.75, 3.05) is 5.73 Å². The van der Waals surface area contributed by atoms with Gasteiger partial charge in [-0.15, -0.1) is 10.2 Å². The van der Waals surface area contributed by atoms with Crippen molar-refractivity contribution in [3.8, 4) is 10.6 Å². The molecule has 66 valence electrons. The number of nitrogen functional groups attached to an aromatic ring is 1. The van der Waals surface area contributed by atoms with Gasteiger partial charge in [-0.1, -0.05) is 11.3 Å². The first-order valence-electron chi connectivity index (χ1n) is 3.77. The van der Waals surface area contributed by atoms with Crippen LogP contribution in [0.2, 0.25) is 0 Å². The van der Waals surface area contributed by atoms with Crippen molar-refractivity contribution >= 4 is 16.5 Å². The molecule has 2 rings (SSSR count). The van der Waals surface area contributed by atoms with E-state index in [1.54, 1.807) is 12.4 Å². The van der Waals surface area contributed by atoms with Gasteiger partial charge in [-0.25, -0.2) is 0 Å². The van der Waals surface area contributed by atoms with Crippen molar-refractivity contribution in [1.82, 2.24) is 15.2 Å². The molecule has 0 bridgehead atoms. The summed E-state index contributed by atoms with van der Waals surface area (Å²) in [5.41, 5.74) is 7.62. The molecule has 0 fully saturated rings. The summed E-state index contributed by atoms with van der Waals surface area (Å²) < 4.78 is 0. The minimum absolute atomic E-state index is 0.484. The van der Waals surface area contributed by atoms with E-state index in [4.69, 9.17) is 5.73 Å². The molecule has 2 aromatic rings. The van der Waals surface area contributed by atoms with Crippen LogP contribution in [-0.4, -0.2) is 15.2 Å². The maximum absolute atomic E-state index is 5.49. The Morgan fingerprint density at radius 2 is 2.23 bits per heavy atom. The fourth-order valence-corrected chi connectivity index (χ4v) is 1.72. The number of nitrogens with two attached hydrogens (primary N) is 1. The summed E-state index contributed by atoms with van der Waals surface area (Å²) in [5.74, 6) is 0. The molecule has 13 heavy (non-hydrogen) atoms. The van der Waals surface area contributed by atoms with E-state index in [9.17, 15) is 0 Å². The summed E-state index contributed by atoms with van der Waals surface area (Å²) in [6.45, 7) is 2.01. The summed E-state index contributed by atoms with van der Waals surface area (Å²) in [6.07, 6.45) is 3.53. The number of hydrogen-bond donors (Lipinski definition) is 1. The second kappa shape index (κ2) is 3.10. The van der Waals surface area contributed by atoms with Gasteiger partial charge in [0.25, 0.3) is 0 Å². The monoisotopic (exact) mass is 192 g/mol. The zero-order valence-corrected chi connectivity index (χ0v) is 7.88. The van der Waals surface area contributed by atoms with Gasteiger partial charge in [0, 0.05) is 18.0 Å². The molecule has 0 aliphatic rings. The van der Waals surface area contributed by atoms with Gasteiger partial charge in [-0.05, 0) is 18.6 Å². The molecule has 0 aromatic carbocycles. The second-order valence-electron chi connectivity index (χ2n) is 2.64. The molecule has 2 N–H and O–H groups in total. The van der Waals surface area contributed by atoms with E-state index in [-0.39, 0.29) is 0 Å². The van der Waals surface area contributed by atoms with Crippen molar-refractivity contribution in [3.05, 3.63) is 24.0 Å². The molecule has 2 heterocycles. The molecule has 0 saturated heterocycles. The molecule has 0 radical (unpaired) electrons. The van der Waals surface area contributed by atoms with Crippen molar-refractivity contribution in [3.63, 3.8) is 0 Å². The van der Waals surface area contributed by atoms with Crippen LogP contribution in [-0.2, 0) is 0 Å². The molecule has 0 amide bonds. The first kappa shape index (κ1) is 8.12. The number of hydrogen-bond acceptors (Lipinski definition) is 5. The van der Waals surface area contributed by atoms with Crippen LogP contribution in [0.5, 0.6) is 0 Å². The standard InChI is InChI=1S/C8H8N4S/c1-5-2-3-10-4-6(5)7-11-12-8(9)13-7/h2-4H,1H3,(H2,9,12). The number of aryl methyl sites for hydroxylation is 1. The van der Waals surface area contributed by atoms with E-state index in [0.717, 1.165) is 16.1 Å². The van der Waals surface area contributed by atoms with Crippen LogP contribution < -0.4 is 5.73 Å². The van der Waals surface area contributed by atoms with Gasteiger partial charge < -0.3 is 5.73 Å². The van der Waals surface area contributed by atoms with Crippen LogP contribution in [0.3, 0.4) is 0 Å². The Balaban J connectivity index is 2.52. The highest BCUT2D eigenvalue weighted by Gasteiger charge is 2.06. The molecule has 0 aliphatic heterocycles. The average Bonchev–Trinajstić information content (AvgIpc) is 2.53. The quantitative estimate of drug-likeness (QED) is 0.743. The van der Waals surface area contributed by atoms with Crippen LogP contribution in [0, 0.1) is 6.92 Å². The molecular formula is C8H8N4S. The highest BCUT2D eigenvalue weighted by Crippen LogP contribution is 2.26. The van der Waals surface area contributed by atoms with Gasteiger partial charge >= 0.3 is 0 Å². The van der Waals surface area contributed by atoms with E-state index in [1.165, 1.54) is 11.3 Å². The SMILES string of the molecule is Cc1ccncc1-c1nnc(N)s1. The van der Waals surface area contributed by atoms with Crippen molar-refractivity contribution < 1.29 is 0 Å². The third-order valence-electron chi connectivity index (χ3n) is 1.71. The Bertz CT molecular complexity index is 424. The highest BCUT2D eigenvalue weighted by atomic mass is 32.1. The molecule has 0 unspecified atom stereocenters. The van der Waals surface area contributed by atoms with Gasteiger partial charge in [0.2, 0.25) is 5.13 Å². The normalized spacial score (nSPS) is 10.2. The lowest BCUT2D eigenvalue weighted by molar-refractivity contribution is 1.10. The molecule has 0 aliphatic carbocycles. The number of aromatic nitrogens is 3. The number of rotatable bonds is 1. The Labute approximate surface area is 79.5 Å². The first-order valence-corrected chi connectivity index (χ1v) is 4.59. The largest absolute Gasteiger partial charge is 0.374 e. The summed E-state index contributed by atoms with van der Waals surface area (Å²) in [7, 11) is 0. The fourth-order valence-electron chi connectivity index (χ4n) is 1.03. The summed E-state index contributed by atoms with van der Waals surface area (Å²) in [4.78, 5) is 4.03. The zero-order chi connectivity index (χ0) is 9.26. The Kier molecular flexibility index (Phi) is 1.94. The molecule has 5 heteroatoms. The molecule has 0 atom stereocenters. The van der Waals surface area contributed by atoms with Gasteiger partial charge in [0.1, 0.15) is 0 Å². The van der Waals surface area contributed by atoms with Gasteiger partial charge in [0.05, 0.1) is 0 Å². The molecule has 4 nitrogen and oxygen atoms in total. The van der Waals surface area contributed by atoms with E-state index in [0.29, 0.717) is 5.13 Å². The van der Waals surface area contributed by atoms with Gasteiger partial charge in [0.15, 0.2) is 5.01 Å². The Hall–Kier alpha value is -1.49. The summed E-state index contributed by atoms with van der Waals surface area (Å²) >= 11 is 1.37. The van der Waals surface area contributed by atoms with E-state index in [1.807, 2.05) is 13.0 Å². The van der Waals surface area contributed by atoms with Gasteiger partial charge in [-0.2, -0.15) is 0 Å². The minimum Gasteiger partial charge on any atom is -0.374 e. The zero-order valence-electron chi connectivity index (χ0n) is 7.06. The van der Waals surface area contributed by atoms with E-state index >= 15 is 0 Å². The van der Waals surface area contributed by atoms with Crippen LogP contribution >= 0.6 is 11.3 Å². The Morgan fingerprint density at radius 1 is 1.38 bits per heavy atom. The van der Waals surface area contributed by atoms with Crippen LogP contribution in [0.25, 0.3) is 10.6 Å². The first-order chi connectivity index (χ1) is 6.27. The molecule has 0 spiro atoms. The Morgan fingerprint density at radius 3 is 2.85 bits per heavy atom. The minimum atomic E-state index is 0.484. The lowest BCUT2D eigenvalue weighted by Crippen LogP contribution is -1.83. The summed E-state index contributed by atoms with van der Waals surface area (Å²) in [5, 5.41) is 9.01. The van der Waals surface area contributed by atoms with Crippen molar-refractivity contribution in [2.24, 2.45) is 0 Å². The van der Waals surface area contributed by atoms with Crippen molar-refractivity contribution in [1.29, 1.82) is 0 Å². The van der Waals surface area contributed by atoms with E-state index in [2.05, 4.69) is 15.2 Å². The smallest absolute Gasteiger partial charge is 0.203 e. The van der Waals surface area contributed by atoms with Crippen LogP contribution in [0.1, 0.15) is 5.56 Å². The van der Waals surface area contributed by atoms with Gasteiger partial charge in [-0.3, -0.25) is 4.98 Å². The third kappa shape index (κ3) is 1.50. The number of anilines is 1. The van der Waals surface area contributed by atoms with E-state index < -0.39 is 0 Å². The van der Waals surface area contributed by atoms with Crippen LogP contribution in [0.4, 0.5) is 5.13 Å². The topological polar surface area (TPSA) is 64.7 Å². The lowest BCUT2D eigenvalue weighted by Gasteiger charge is -1.97. The van der Waals surface area contributed by atoms with Crippen LogP contribution in [0.15, 0.2) is 18.5 Å². The molecular weight excluding hydrogens is 184 g/mol. The number of pyridine rings is 1. The maximum atomic E-state index is 5.49. The van der Waals surface area contributed by atoms with Crippen molar-refractivity contribution in [2.45, 2.75) is 6.92 Å². The predicted molar refractivity (Wildman–Crippen MR) is 52.3 cm³/mol. The molecule has 2 aromatic heterocycles. The fraction of sp³-hybridized carbons (Fsp3) is 0.125. The second-order valence-corrected chi connectivity index (χ2v) is 3.65.